The van der Waals surface area contributed by atoms with Gasteiger partial charge in [-0.05, 0) is 36.8 Å². The van der Waals surface area contributed by atoms with E-state index in [2.05, 4.69) is 10.4 Å². The number of ether oxygens (including phenoxy) is 1. The summed E-state index contributed by atoms with van der Waals surface area (Å²) in [5.74, 6) is -0.317. The van der Waals surface area contributed by atoms with Crippen LogP contribution in [0.15, 0.2) is 42.6 Å². The minimum Gasteiger partial charge on any atom is -0.486 e. The van der Waals surface area contributed by atoms with Crippen LogP contribution in [0.5, 0.6) is 5.75 Å². The quantitative estimate of drug-likeness (QED) is 0.476. The molecular weight excluding hydrogens is 475 g/mol. The molecule has 32 heavy (non-hydrogen) atoms. The lowest BCUT2D eigenvalue weighted by Crippen LogP contribution is -2.26. The highest BCUT2D eigenvalue weighted by molar-refractivity contribution is 6.40. The Hall–Kier alpha value is -2.74. The summed E-state index contributed by atoms with van der Waals surface area (Å²) in [5, 5.41) is 7.96. The molecule has 0 saturated carbocycles. The van der Waals surface area contributed by atoms with Gasteiger partial charge in [-0.2, -0.15) is 5.10 Å². The normalized spacial score (nSPS) is 10.7. The summed E-state index contributed by atoms with van der Waals surface area (Å²) >= 11 is 18.2. The van der Waals surface area contributed by atoms with Gasteiger partial charge in [0.2, 0.25) is 0 Å². The van der Waals surface area contributed by atoms with Crippen LogP contribution in [-0.2, 0) is 13.2 Å². The van der Waals surface area contributed by atoms with Gasteiger partial charge >= 0.3 is 0 Å². The van der Waals surface area contributed by atoms with E-state index in [4.69, 9.17) is 39.5 Å². The molecule has 1 heterocycles. The number of hydrogen-bond acceptors (Lipinski definition) is 4. The lowest BCUT2D eigenvalue weighted by atomic mass is 10.1. The van der Waals surface area contributed by atoms with Crippen LogP contribution in [0, 0.1) is 0 Å². The third kappa shape index (κ3) is 5.35. The van der Waals surface area contributed by atoms with Gasteiger partial charge in [0, 0.05) is 31.2 Å². The van der Waals surface area contributed by atoms with Gasteiger partial charge in [-0.1, -0.05) is 46.9 Å². The molecule has 0 unspecified atom stereocenters. The molecule has 0 saturated heterocycles. The zero-order valence-corrected chi connectivity index (χ0v) is 19.9. The van der Waals surface area contributed by atoms with E-state index in [1.54, 1.807) is 37.0 Å². The van der Waals surface area contributed by atoms with Crippen LogP contribution in [-0.4, -0.2) is 40.6 Å². The lowest BCUT2D eigenvalue weighted by molar-refractivity contribution is 0.0816. The Morgan fingerprint density at radius 3 is 2.44 bits per heavy atom. The summed E-state index contributed by atoms with van der Waals surface area (Å²) in [6.07, 6.45) is 1.47. The summed E-state index contributed by atoms with van der Waals surface area (Å²) in [6, 6.07) is 9.97. The number of nitrogens with one attached hydrogen (secondary N) is 1. The molecule has 2 amide bonds. The Labute approximate surface area is 200 Å². The maximum absolute atomic E-state index is 12.9. The number of aromatic nitrogens is 2. The van der Waals surface area contributed by atoms with Crippen molar-refractivity contribution in [2.45, 2.75) is 20.1 Å². The third-order valence-electron chi connectivity index (χ3n) is 4.53. The number of anilines is 1. The molecule has 0 aliphatic carbocycles. The summed E-state index contributed by atoms with van der Waals surface area (Å²) in [5.41, 5.74) is 1.79. The van der Waals surface area contributed by atoms with Gasteiger partial charge in [-0.15, -0.1) is 0 Å². The Morgan fingerprint density at radius 2 is 1.81 bits per heavy atom. The Bertz CT molecular complexity index is 1140. The van der Waals surface area contributed by atoms with Crippen molar-refractivity contribution in [2.24, 2.45) is 0 Å². The van der Waals surface area contributed by atoms with E-state index in [9.17, 15) is 9.59 Å². The number of hydrogen-bond donors (Lipinski definition) is 1. The van der Waals surface area contributed by atoms with Crippen molar-refractivity contribution < 1.29 is 14.3 Å². The summed E-state index contributed by atoms with van der Waals surface area (Å²) in [4.78, 5) is 26.8. The average molecular weight is 496 g/mol. The maximum Gasteiger partial charge on any atom is 0.273 e. The Morgan fingerprint density at radius 1 is 1.12 bits per heavy atom. The molecule has 0 radical (unpaired) electrons. The minimum atomic E-state index is -0.377. The monoisotopic (exact) mass is 494 g/mol. The first-order chi connectivity index (χ1) is 15.2. The zero-order valence-electron chi connectivity index (χ0n) is 17.7. The number of benzene rings is 2. The lowest BCUT2D eigenvalue weighted by Gasteiger charge is -2.14. The second-order valence-electron chi connectivity index (χ2n) is 7.06. The topological polar surface area (TPSA) is 76.5 Å². The number of carbonyl (C=O) groups is 2. The van der Waals surface area contributed by atoms with Gasteiger partial charge in [-0.25, -0.2) is 0 Å². The van der Waals surface area contributed by atoms with Crippen LogP contribution >= 0.6 is 34.8 Å². The first kappa shape index (κ1) is 23.9. The molecule has 168 valence electrons. The van der Waals surface area contributed by atoms with Crippen LogP contribution in [0.1, 0.15) is 33.3 Å². The van der Waals surface area contributed by atoms with Crippen molar-refractivity contribution in [2.75, 3.05) is 19.4 Å². The fourth-order valence-corrected chi connectivity index (χ4v) is 3.90. The van der Waals surface area contributed by atoms with Crippen LogP contribution in [0.25, 0.3) is 0 Å². The van der Waals surface area contributed by atoms with E-state index in [1.165, 1.54) is 23.2 Å². The molecule has 0 atom stereocenters. The zero-order chi connectivity index (χ0) is 23.4. The standard InChI is InChI=1S/C22H21Cl3N4O3/c1-4-29-19(22(31)28(2)3)18(11-26-29)27-21(30)14-7-5-6-13(8-14)12-32-20-16(24)9-15(23)10-17(20)25/h5-11H,4,12H2,1-3H3,(H,27,30). The van der Waals surface area contributed by atoms with Crippen molar-refractivity contribution in [1.29, 1.82) is 0 Å². The molecule has 7 nitrogen and oxygen atoms in total. The first-order valence-electron chi connectivity index (χ1n) is 9.66. The number of halogens is 3. The van der Waals surface area contributed by atoms with Gasteiger partial charge in [-0.3, -0.25) is 14.3 Å². The van der Waals surface area contributed by atoms with Gasteiger partial charge in [0.25, 0.3) is 11.8 Å². The summed E-state index contributed by atoms with van der Waals surface area (Å²) < 4.78 is 7.28. The van der Waals surface area contributed by atoms with Gasteiger partial charge in [0.1, 0.15) is 12.3 Å². The minimum absolute atomic E-state index is 0.139. The Kier molecular flexibility index (Phi) is 7.66. The molecular formula is C22H21Cl3N4O3. The predicted octanol–water partition coefficient (Wildman–Crippen LogP) is 5.40. The molecule has 1 N–H and O–H groups in total. The van der Waals surface area contributed by atoms with Crippen LogP contribution < -0.4 is 10.1 Å². The van der Waals surface area contributed by atoms with E-state index in [0.29, 0.717) is 44.3 Å². The summed E-state index contributed by atoms with van der Waals surface area (Å²) in [7, 11) is 3.28. The summed E-state index contributed by atoms with van der Waals surface area (Å²) in [6.45, 7) is 2.50. The molecule has 0 fully saturated rings. The number of aryl methyl sites for hydroxylation is 1. The third-order valence-corrected chi connectivity index (χ3v) is 5.31. The Balaban J connectivity index is 1.77. The van der Waals surface area contributed by atoms with Crippen molar-refractivity contribution in [3.8, 4) is 5.75 Å². The smallest absolute Gasteiger partial charge is 0.273 e. The highest BCUT2D eigenvalue weighted by atomic mass is 35.5. The van der Waals surface area contributed by atoms with Gasteiger partial charge < -0.3 is 15.0 Å². The van der Waals surface area contributed by atoms with Crippen molar-refractivity contribution in [3.05, 3.63) is 74.5 Å². The molecule has 0 bridgehead atoms. The van der Waals surface area contributed by atoms with E-state index < -0.39 is 0 Å². The molecule has 0 aliphatic rings. The molecule has 3 rings (SSSR count). The van der Waals surface area contributed by atoms with Crippen molar-refractivity contribution >= 4 is 52.3 Å². The molecule has 3 aromatic rings. The largest absolute Gasteiger partial charge is 0.486 e. The van der Waals surface area contributed by atoms with Crippen LogP contribution in [0.4, 0.5) is 5.69 Å². The van der Waals surface area contributed by atoms with Crippen LogP contribution in [0.3, 0.4) is 0 Å². The first-order valence-corrected chi connectivity index (χ1v) is 10.8. The molecule has 10 heteroatoms. The highest BCUT2D eigenvalue weighted by Gasteiger charge is 2.21. The van der Waals surface area contributed by atoms with Gasteiger partial charge in [0.15, 0.2) is 5.75 Å². The number of amides is 2. The molecule has 2 aromatic carbocycles. The second-order valence-corrected chi connectivity index (χ2v) is 8.31. The highest BCUT2D eigenvalue weighted by Crippen LogP contribution is 2.36. The van der Waals surface area contributed by atoms with Crippen molar-refractivity contribution in [3.63, 3.8) is 0 Å². The average Bonchev–Trinajstić information content (AvgIpc) is 3.14. The predicted molar refractivity (Wildman–Crippen MR) is 126 cm³/mol. The maximum atomic E-state index is 12.9. The fourth-order valence-electron chi connectivity index (χ4n) is 2.97. The molecule has 0 aliphatic heterocycles. The fraction of sp³-hybridized carbons (Fsp3) is 0.227. The van der Waals surface area contributed by atoms with E-state index in [-0.39, 0.29) is 18.4 Å². The van der Waals surface area contributed by atoms with E-state index in [1.807, 2.05) is 13.0 Å². The van der Waals surface area contributed by atoms with Gasteiger partial charge in [0.05, 0.1) is 21.9 Å². The van der Waals surface area contributed by atoms with E-state index >= 15 is 0 Å². The number of carbonyl (C=O) groups excluding carboxylic acids is 2. The van der Waals surface area contributed by atoms with Crippen LogP contribution in [0.2, 0.25) is 15.1 Å². The molecule has 1 aromatic heterocycles. The van der Waals surface area contributed by atoms with Crippen molar-refractivity contribution in [1.82, 2.24) is 14.7 Å². The second kappa shape index (κ2) is 10.3. The number of nitrogens with zero attached hydrogens (tertiary/aromatic N) is 3. The molecule has 0 spiro atoms. The van der Waals surface area contributed by atoms with E-state index in [0.717, 1.165) is 5.56 Å². The number of rotatable bonds is 7. The SMILES string of the molecule is CCn1ncc(NC(=O)c2cccc(COc3c(Cl)cc(Cl)cc3Cl)c2)c1C(=O)N(C)C.